The van der Waals surface area contributed by atoms with Gasteiger partial charge in [-0.3, -0.25) is 14.4 Å². The number of carbonyl (C=O) groups excluding carboxylic acids is 3. The number of ether oxygens (including phenoxy) is 2. The smallest absolute Gasteiger partial charge is 0.305 e. The molecule has 0 bridgehead atoms. The molecule has 0 unspecified atom stereocenters. The Labute approximate surface area is 190 Å². The number of aliphatic hydroxyl groups excluding tert-OH is 3. The first-order valence-electron chi connectivity index (χ1n) is 10.8. The number of allylic oxidation sites excluding steroid dienone is 1. The van der Waals surface area contributed by atoms with Crippen LogP contribution in [0, 0.1) is 5.41 Å². The summed E-state index contributed by atoms with van der Waals surface area (Å²) in [6, 6.07) is -0.981. The molecule has 0 aliphatic carbocycles. The lowest BCUT2D eigenvalue weighted by Crippen LogP contribution is -2.55. The van der Waals surface area contributed by atoms with Crippen LogP contribution in [0.5, 0.6) is 0 Å². The van der Waals surface area contributed by atoms with E-state index in [2.05, 4.69) is 10.6 Å². The van der Waals surface area contributed by atoms with Crippen LogP contribution in [0.4, 0.5) is 0 Å². The minimum Gasteiger partial charge on any atom is -0.464 e. The zero-order valence-electron chi connectivity index (χ0n) is 20.0. The molecule has 0 aliphatic rings. The number of carbonyl (C=O) groups is 3. The SMILES string of the molecule is CCCCC(=O)OCCNC(=O)[C@H](C)NC(=O)[C@H](OC)[C@H](O)[C@@H](O)[C@H](O)C=CC(C)(C)C. The van der Waals surface area contributed by atoms with Gasteiger partial charge in [0.05, 0.1) is 6.54 Å². The zero-order chi connectivity index (χ0) is 24.9. The van der Waals surface area contributed by atoms with E-state index in [9.17, 15) is 29.7 Å². The monoisotopic (exact) mass is 460 g/mol. The maximum atomic E-state index is 12.4. The first-order valence-corrected chi connectivity index (χ1v) is 10.8. The molecule has 0 aromatic heterocycles. The van der Waals surface area contributed by atoms with Crippen LogP contribution in [0.2, 0.25) is 0 Å². The summed E-state index contributed by atoms with van der Waals surface area (Å²) in [5.41, 5.74) is -0.250. The van der Waals surface area contributed by atoms with E-state index in [0.29, 0.717) is 6.42 Å². The van der Waals surface area contributed by atoms with E-state index in [1.807, 2.05) is 27.7 Å². The fourth-order valence-corrected chi connectivity index (χ4v) is 2.53. The van der Waals surface area contributed by atoms with Crippen molar-refractivity contribution in [1.29, 1.82) is 0 Å². The molecule has 0 fully saturated rings. The van der Waals surface area contributed by atoms with Crippen molar-refractivity contribution in [2.75, 3.05) is 20.3 Å². The molecule has 0 rings (SSSR count). The van der Waals surface area contributed by atoms with E-state index in [1.165, 1.54) is 13.0 Å². The number of methoxy groups -OCH3 is 1. The van der Waals surface area contributed by atoms with Crippen molar-refractivity contribution in [3.8, 4) is 0 Å². The van der Waals surface area contributed by atoms with E-state index < -0.39 is 42.3 Å². The Balaban J connectivity index is 4.65. The highest BCUT2D eigenvalue weighted by Crippen LogP contribution is 2.17. The Hall–Kier alpha value is -2.01. The quantitative estimate of drug-likeness (QED) is 0.138. The molecule has 5 N–H and O–H groups in total. The van der Waals surface area contributed by atoms with E-state index >= 15 is 0 Å². The second-order valence-electron chi connectivity index (χ2n) is 8.70. The number of amides is 2. The molecule has 0 saturated heterocycles. The van der Waals surface area contributed by atoms with Gasteiger partial charge < -0.3 is 35.4 Å². The van der Waals surface area contributed by atoms with Crippen molar-refractivity contribution in [1.82, 2.24) is 10.6 Å². The topological polar surface area (TPSA) is 154 Å². The van der Waals surface area contributed by atoms with Crippen LogP contribution in [0.25, 0.3) is 0 Å². The number of unbranched alkanes of at least 4 members (excludes halogenated alkanes) is 1. The summed E-state index contributed by atoms with van der Waals surface area (Å²) in [5.74, 6) is -1.70. The van der Waals surface area contributed by atoms with Crippen molar-refractivity contribution in [2.45, 2.75) is 84.3 Å². The summed E-state index contributed by atoms with van der Waals surface area (Å²) in [5, 5.41) is 35.5. The number of nitrogens with one attached hydrogen (secondary N) is 2. The van der Waals surface area contributed by atoms with Crippen LogP contribution in [0.15, 0.2) is 12.2 Å². The molecule has 0 aromatic carbocycles. The molecule has 0 heterocycles. The molecule has 0 aromatic rings. The normalized spacial score (nSPS) is 16.7. The maximum absolute atomic E-state index is 12.4. The third-order valence-corrected chi connectivity index (χ3v) is 4.47. The Morgan fingerprint density at radius 3 is 2.22 bits per heavy atom. The van der Waals surface area contributed by atoms with Crippen molar-refractivity contribution < 1.29 is 39.2 Å². The lowest BCUT2D eigenvalue weighted by atomic mass is 9.94. The molecule has 10 heteroatoms. The van der Waals surface area contributed by atoms with E-state index in [1.54, 1.807) is 6.08 Å². The van der Waals surface area contributed by atoms with Gasteiger partial charge in [0.25, 0.3) is 5.91 Å². The fraction of sp³-hybridized carbons (Fsp3) is 0.773. The van der Waals surface area contributed by atoms with Gasteiger partial charge in [-0.2, -0.15) is 0 Å². The Morgan fingerprint density at radius 1 is 1.06 bits per heavy atom. The van der Waals surface area contributed by atoms with Gasteiger partial charge >= 0.3 is 5.97 Å². The fourth-order valence-electron chi connectivity index (χ4n) is 2.53. The summed E-state index contributed by atoms with van der Waals surface area (Å²) >= 11 is 0. The summed E-state index contributed by atoms with van der Waals surface area (Å²) in [6.45, 7) is 9.17. The predicted molar refractivity (Wildman–Crippen MR) is 119 cm³/mol. The van der Waals surface area contributed by atoms with Crippen LogP contribution < -0.4 is 10.6 Å². The third kappa shape index (κ3) is 12.1. The average molecular weight is 461 g/mol. The summed E-state index contributed by atoms with van der Waals surface area (Å²) in [4.78, 5) is 36.0. The molecular weight excluding hydrogens is 420 g/mol. The number of hydrogen-bond acceptors (Lipinski definition) is 8. The molecule has 0 aliphatic heterocycles. The molecule has 186 valence electrons. The third-order valence-electron chi connectivity index (χ3n) is 4.47. The van der Waals surface area contributed by atoms with Gasteiger partial charge in [0, 0.05) is 13.5 Å². The van der Waals surface area contributed by atoms with Crippen molar-refractivity contribution in [2.24, 2.45) is 5.41 Å². The van der Waals surface area contributed by atoms with Crippen LogP contribution in [-0.4, -0.2) is 83.8 Å². The molecule has 0 spiro atoms. The first kappa shape index (κ1) is 30.0. The van der Waals surface area contributed by atoms with Gasteiger partial charge in [-0.1, -0.05) is 46.3 Å². The lowest BCUT2D eigenvalue weighted by molar-refractivity contribution is -0.150. The summed E-state index contributed by atoms with van der Waals surface area (Å²) < 4.78 is 9.96. The maximum Gasteiger partial charge on any atom is 0.305 e. The van der Waals surface area contributed by atoms with E-state index in [4.69, 9.17) is 9.47 Å². The highest BCUT2D eigenvalue weighted by atomic mass is 16.5. The lowest BCUT2D eigenvalue weighted by Gasteiger charge is -2.28. The van der Waals surface area contributed by atoms with Gasteiger partial charge in [0.2, 0.25) is 5.91 Å². The van der Waals surface area contributed by atoms with Crippen LogP contribution in [0.1, 0.15) is 53.9 Å². The van der Waals surface area contributed by atoms with Gasteiger partial charge in [-0.05, 0) is 18.8 Å². The van der Waals surface area contributed by atoms with Gasteiger partial charge in [-0.25, -0.2) is 0 Å². The average Bonchev–Trinajstić information content (AvgIpc) is 2.72. The largest absolute Gasteiger partial charge is 0.464 e. The Kier molecular flexibility index (Phi) is 14.0. The highest BCUT2D eigenvalue weighted by Gasteiger charge is 2.36. The van der Waals surface area contributed by atoms with Gasteiger partial charge in [0.15, 0.2) is 6.10 Å². The van der Waals surface area contributed by atoms with Crippen molar-refractivity contribution in [3.05, 3.63) is 12.2 Å². The van der Waals surface area contributed by atoms with Gasteiger partial charge in [-0.15, -0.1) is 0 Å². The van der Waals surface area contributed by atoms with Crippen LogP contribution in [-0.2, 0) is 23.9 Å². The van der Waals surface area contributed by atoms with Gasteiger partial charge in [0.1, 0.15) is 31.0 Å². The minimum atomic E-state index is -1.74. The second-order valence-corrected chi connectivity index (χ2v) is 8.70. The van der Waals surface area contributed by atoms with Crippen LogP contribution >= 0.6 is 0 Å². The zero-order valence-corrected chi connectivity index (χ0v) is 20.0. The predicted octanol–water partition coefficient (Wildman–Crippen LogP) is 0.0407. The number of esters is 1. The Bertz CT molecular complexity index is 618. The number of aliphatic hydroxyl groups is 3. The van der Waals surface area contributed by atoms with Crippen LogP contribution in [0.3, 0.4) is 0 Å². The molecule has 0 saturated carbocycles. The van der Waals surface area contributed by atoms with E-state index in [0.717, 1.165) is 20.0 Å². The van der Waals surface area contributed by atoms with Crippen molar-refractivity contribution >= 4 is 17.8 Å². The highest BCUT2D eigenvalue weighted by molar-refractivity contribution is 5.89. The summed E-state index contributed by atoms with van der Waals surface area (Å²) in [7, 11) is 1.16. The molecule has 10 nitrogen and oxygen atoms in total. The summed E-state index contributed by atoms with van der Waals surface area (Å²) in [6.07, 6.45) is -1.42. The first-order chi connectivity index (χ1) is 14.8. The number of rotatable bonds is 14. The Morgan fingerprint density at radius 2 is 1.69 bits per heavy atom. The minimum absolute atomic E-state index is 0.0144. The molecule has 5 atom stereocenters. The van der Waals surface area contributed by atoms with Crippen molar-refractivity contribution in [3.63, 3.8) is 0 Å². The second kappa shape index (κ2) is 14.9. The van der Waals surface area contributed by atoms with E-state index in [-0.39, 0.29) is 24.5 Å². The molecule has 0 radical (unpaired) electrons. The molecular formula is C22H40N2O8. The molecule has 2 amide bonds. The molecule has 32 heavy (non-hydrogen) atoms. The standard InChI is InChI=1S/C22H40N2O8/c1-7-8-9-16(26)32-13-12-23-20(29)14(2)24-21(30)19(31-6)18(28)17(27)15(25)10-11-22(3,4)5/h10-11,14-15,17-19,25,27-28H,7-9,12-13H2,1-6H3,(H,23,29)(H,24,30)/t14-,15+,17-,18+,19+/m0/s1. The number of hydrogen-bond donors (Lipinski definition) is 5.